The highest BCUT2D eigenvalue weighted by Crippen LogP contribution is 2.33. The van der Waals surface area contributed by atoms with Gasteiger partial charge in [-0.25, -0.2) is 5.26 Å². The van der Waals surface area contributed by atoms with Gasteiger partial charge in [-0.2, -0.15) is 0 Å². The number of para-hydroxylation sites is 1. The van der Waals surface area contributed by atoms with Crippen molar-refractivity contribution in [3.63, 3.8) is 0 Å². The molecule has 3 aliphatic heterocycles. The van der Waals surface area contributed by atoms with Gasteiger partial charge in [0.1, 0.15) is 57.8 Å². The highest BCUT2D eigenvalue weighted by molar-refractivity contribution is 7.90. The van der Waals surface area contributed by atoms with Crippen molar-refractivity contribution >= 4 is 70.9 Å². The van der Waals surface area contributed by atoms with Gasteiger partial charge >= 0.3 is 0 Å². The van der Waals surface area contributed by atoms with E-state index in [1.165, 1.54) is 36.5 Å². The number of hydrogen-bond donors (Lipinski definition) is 14. The molecule has 3 fully saturated rings. The molecule has 0 bridgehead atoms. The molecule has 15 N–H and O–H groups in total. The van der Waals surface area contributed by atoms with Crippen molar-refractivity contribution in [2.45, 2.75) is 132 Å². The van der Waals surface area contributed by atoms with Crippen LogP contribution < -0.4 is 46.0 Å². The lowest BCUT2D eigenvalue weighted by Gasteiger charge is -2.33. The standard InChI is InChI=1S/C61H74N10O21S2/c1-31-29-71-51(52(31)79)57(84)63-28-37(73)25-41(64-53(80)34-12-14-35(15-13-34)58-68-69-59(93-58)36-16-18-40(19-17-36)89-22-8-4-7-21-88-39-9-5-3-6-10-39)54(81)65-48(32(2)72)60(85)70-30-38(74)26-42(70)55(82)66-49(56(83)67-50(61(71)86)45(77)27-47(62)78)44(76)23-33-11-20-43(75)46(24-33)90-94-92-91-87/h3,5-6,9-20,24,31-32,37-38,41-42,44-45,48-52,72-77,79,87H,4,7-8,21-23,25-30H2,1-2H3,(H2,62,78)(H,63,84)(H,64,80)(H,65,81)(H,66,82)(H,67,83)/t31?,32?,37?,38?,41-,42?,44?,45?,48?,49?,50?,51?,52?/m0/s1. The average Bonchev–Trinajstić information content (AvgIpc) is 1.62. The molecule has 4 aromatic carbocycles. The topological polar surface area (TPSA) is 463 Å². The molecule has 8 amide bonds. The maximum absolute atomic E-state index is 14.7. The Balaban J connectivity index is 1.02. The molecule has 0 saturated carbocycles. The molecular formula is C61H74N10O21S2. The molecule has 506 valence electrons. The van der Waals surface area contributed by atoms with E-state index in [2.05, 4.69) is 46.2 Å². The van der Waals surface area contributed by atoms with Gasteiger partial charge in [-0.05, 0) is 92.4 Å². The number of fused-ring (bicyclic) bond motifs is 2. The van der Waals surface area contributed by atoms with Gasteiger partial charge in [-0.3, -0.25) is 38.4 Å². The molecule has 0 radical (unpaired) electrons. The minimum absolute atomic E-state index is 0.00355. The number of β-amino-alcohol motifs (C(OH)–C–C–N with tert-alkyl or cyclic N) is 1. The van der Waals surface area contributed by atoms with Crippen LogP contribution in [0.2, 0.25) is 0 Å². The number of phenolic OH excluding ortho intramolecular Hbond substituents is 1. The van der Waals surface area contributed by atoms with Crippen LogP contribution >= 0.6 is 23.7 Å². The molecule has 13 atom stereocenters. The summed E-state index contributed by atoms with van der Waals surface area (Å²) in [5, 5.41) is 112. The summed E-state index contributed by atoms with van der Waals surface area (Å²) in [4.78, 5) is 115. The van der Waals surface area contributed by atoms with Crippen LogP contribution in [0.5, 0.6) is 23.0 Å². The van der Waals surface area contributed by atoms with Crippen LogP contribution in [0.3, 0.4) is 0 Å². The fourth-order valence-electron chi connectivity index (χ4n) is 10.9. The van der Waals surface area contributed by atoms with E-state index < -0.39 is 177 Å². The lowest BCUT2D eigenvalue weighted by molar-refractivity contribution is -0.433. The maximum Gasteiger partial charge on any atom is 0.261 e. The second kappa shape index (κ2) is 33.5. The van der Waals surface area contributed by atoms with Crippen LogP contribution in [-0.4, -0.2) is 214 Å². The summed E-state index contributed by atoms with van der Waals surface area (Å²) in [5.74, 6) is -9.62. The number of hydrogen-bond acceptors (Lipinski definition) is 25. The molecule has 5 aromatic rings. The van der Waals surface area contributed by atoms with Gasteiger partial charge in [0.15, 0.2) is 11.5 Å². The highest BCUT2D eigenvalue weighted by atomic mass is 32.2. The van der Waals surface area contributed by atoms with Gasteiger partial charge in [0, 0.05) is 61.5 Å². The predicted molar refractivity (Wildman–Crippen MR) is 332 cm³/mol. The van der Waals surface area contributed by atoms with E-state index in [0.717, 1.165) is 59.4 Å². The number of aromatic nitrogens is 2. The number of ether oxygens (including phenoxy) is 2. The van der Waals surface area contributed by atoms with Crippen LogP contribution in [0, 0.1) is 5.92 Å². The lowest BCUT2D eigenvalue weighted by Crippen LogP contribution is -2.64. The maximum atomic E-state index is 14.7. The van der Waals surface area contributed by atoms with E-state index in [4.69, 9.17) is 24.6 Å². The number of nitrogens with one attached hydrogen (secondary N) is 5. The normalized spacial score (nSPS) is 24.3. The molecule has 0 aliphatic carbocycles. The zero-order chi connectivity index (χ0) is 67.8. The van der Waals surface area contributed by atoms with E-state index in [1.54, 1.807) is 12.1 Å². The second-order valence-electron chi connectivity index (χ2n) is 22.8. The van der Waals surface area contributed by atoms with Crippen LogP contribution in [0.4, 0.5) is 0 Å². The summed E-state index contributed by atoms with van der Waals surface area (Å²) in [6.45, 7) is 1.99. The van der Waals surface area contributed by atoms with Crippen molar-refractivity contribution in [2.75, 3.05) is 32.8 Å². The Bertz CT molecular complexity index is 3430. The minimum atomic E-state index is -2.22. The van der Waals surface area contributed by atoms with E-state index in [-0.39, 0.29) is 29.2 Å². The van der Waals surface area contributed by atoms with Crippen molar-refractivity contribution in [3.8, 4) is 44.1 Å². The first-order valence-corrected chi connectivity index (χ1v) is 31.4. The van der Waals surface area contributed by atoms with Gasteiger partial charge < -0.3 is 91.5 Å². The summed E-state index contributed by atoms with van der Waals surface area (Å²) < 4.78 is 21.0. The van der Waals surface area contributed by atoms with Crippen molar-refractivity contribution in [3.05, 3.63) is 108 Å². The van der Waals surface area contributed by atoms with E-state index in [9.17, 15) is 74.1 Å². The fraction of sp³-hybridized carbons (Fsp3) is 0.443. The zero-order valence-electron chi connectivity index (χ0n) is 50.8. The first-order chi connectivity index (χ1) is 45.0. The first kappa shape index (κ1) is 71.2. The molecule has 94 heavy (non-hydrogen) atoms. The molecule has 12 unspecified atom stereocenters. The van der Waals surface area contributed by atoms with Gasteiger partial charge in [-0.1, -0.05) is 64.0 Å². The van der Waals surface area contributed by atoms with E-state index >= 15 is 0 Å². The Kier molecular flexibility index (Phi) is 25.4. The third-order valence-corrected chi connectivity index (χ3v) is 17.2. The quantitative estimate of drug-likeness (QED) is 0.0168. The Hall–Kier alpha value is -8.61. The molecule has 3 aliphatic rings. The summed E-state index contributed by atoms with van der Waals surface area (Å²) >= 11 is 1.33. The number of nitrogens with two attached hydrogens (primary N) is 1. The SMILES string of the molecule is CC(O)C1NC(=O)[C@@H](NC(=O)c2ccc(-c3nnc(-c4ccc(OCCCCCOc5ccccc5)cc4)s3)cc2)CC(O)CNC(=O)C2C(O)C(C)CN2C(=O)C(C(O)CC(N)=O)NC(=O)C(C(O)Cc2ccc(O)c(OSOOO)c2)NC(=O)C2CC(O)CN2C1=O. The van der Waals surface area contributed by atoms with Crippen LogP contribution in [-0.2, 0) is 49.4 Å². The molecule has 31 nitrogen and oxygen atoms in total. The third kappa shape index (κ3) is 18.8. The van der Waals surface area contributed by atoms with Crippen molar-refractivity contribution in [1.29, 1.82) is 0 Å². The number of aliphatic hydroxyl groups is 6. The Morgan fingerprint density at radius 3 is 1.98 bits per heavy atom. The molecule has 3 saturated heterocycles. The average molecular weight is 1350 g/mol. The largest absolute Gasteiger partial charge is 0.504 e. The van der Waals surface area contributed by atoms with Gasteiger partial charge in [0.2, 0.25) is 41.4 Å². The monoisotopic (exact) mass is 1350 g/mol. The third-order valence-electron chi connectivity index (χ3n) is 15.8. The van der Waals surface area contributed by atoms with Gasteiger partial charge in [0.05, 0.1) is 56.3 Å². The number of carbonyl (C=O) groups excluding carboxylic acids is 8. The minimum Gasteiger partial charge on any atom is -0.504 e. The van der Waals surface area contributed by atoms with Crippen LogP contribution in [0.1, 0.15) is 68.3 Å². The summed E-state index contributed by atoms with van der Waals surface area (Å²) in [5.41, 5.74) is 6.84. The Morgan fingerprint density at radius 1 is 0.723 bits per heavy atom. The van der Waals surface area contributed by atoms with E-state index in [0.29, 0.717) is 34.5 Å². The van der Waals surface area contributed by atoms with Crippen LogP contribution in [0.15, 0.2) is 97.1 Å². The number of unbranched alkanes of at least 4 members (excludes halogenated alkanes) is 2. The molecule has 4 heterocycles. The number of aromatic hydroxyl groups is 1. The summed E-state index contributed by atoms with van der Waals surface area (Å²) in [6, 6.07) is 14.8. The number of aliphatic hydroxyl groups excluding tert-OH is 6. The number of amides is 8. The van der Waals surface area contributed by atoms with Gasteiger partial charge in [-0.15, -0.1) is 10.2 Å². The number of nitrogens with zero attached hydrogens (tertiary/aromatic N) is 4. The van der Waals surface area contributed by atoms with Crippen molar-refractivity contribution < 1.29 is 102 Å². The number of benzene rings is 4. The molecule has 1 aromatic heterocycles. The summed E-state index contributed by atoms with van der Waals surface area (Å²) in [7, 11) is 0. The number of phenols is 1. The zero-order valence-corrected chi connectivity index (χ0v) is 52.4. The molecular weight excluding hydrogens is 1270 g/mol. The number of primary amides is 1. The van der Waals surface area contributed by atoms with Crippen LogP contribution in [0.25, 0.3) is 21.1 Å². The number of rotatable bonds is 23. The highest BCUT2D eigenvalue weighted by Gasteiger charge is 2.50. The predicted octanol–water partition coefficient (Wildman–Crippen LogP) is -0.607. The van der Waals surface area contributed by atoms with E-state index in [1.807, 2.05) is 54.6 Å². The van der Waals surface area contributed by atoms with Crippen molar-refractivity contribution in [1.82, 2.24) is 46.6 Å². The van der Waals surface area contributed by atoms with Crippen molar-refractivity contribution in [2.24, 2.45) is 11.7 Å². The fourth-order valence-corrected chi connectivity index (χ4v) is 12.0. The molecule has 33 heteroatoms. The Morgan fingerprint density at radius 2 is 1.34 bits per heavy atom. The molecule has 0 spiro atoms. The Labute approximate surface area is 546 Å². The smallest absolute Gasteiger partial charge is 0.261 e. The summed E-state index contributed by atoms with van der Waals surface area (Å²) in [6.07, 6.45) is -11.0. The van der Waals surface area contributed by atoms with Gasteiger partial charge in [0.25, 0.3) is 18.2 Å². The molecule has 8 rings (SSSR count). The lowest BCUT2D eigenvalue weighted by atomic mass is 9.98. The second-order valence-corrected chi connectivity index (χ2v) is 24.3. The number of carbonyl (C=O) groups is 8. The first-order valence-electron chi connectivity index (χ1n) is 30.0.